The fourth-order valence-electron chi connectivity index (χ4n) is 3.30. The summed E-state index contributed by atoms with van der Waals surface area (Å²) in [7, 11) is -3.69. The molecule has 1 saturated heterocycles. The summed E-state index contributed by atoms with van der Waals surface area (Å²) in [6.07, 6.45) is 2.53. The van der Waals surface area contributed by atoms with E-state index in [0.717, 1.165) is 43.7 Å². The van der Waals surface area contributed by atoms with Gasteiger partial charge < -0.3 is 10.2 Å². The minimum absolute atomic E-state index is 0.0274. The first-order valence-electron chi connectivity index (χ1n) is 8.68. The predicted octanol–water partition coefficient (Wildman–Crippen LogP) is 2.78. The summed E-state index contributed by atoms with van der Waals surface area (Å²) < 4.78 is 23.8. The Labute approximate surface area is 158 Å². The van der Waals surface area contributed by atoms with E-state index in [1.54, 1.807) is 6.07 Å². The lowest BCUT2D eigenvalue weighted by atomic mass is 10.0. The molecule has 1 fully saturated rings. The average Bonchev–Trinajstić information content (AvgIpc) is 2.61. The van der Waals surface area contributed by atoms with E-state index in [9.17, 15) is 18.5 Å². The number of pyridine rings is 1. The molecule has 0 aliphatic carbocycles. The van der Waals surface area contributed by atoms with Gasteiger partial charge in [-0.3, -0.25) is 10.1 Å². The van der Waals surface area contributed by atoms with Gasteiger partial charge in [-0.1, -0.05) is 12.1 Å². The fraction of sp³-hybridized carbons (Fsp3) is 0.389. The van der Waals surface area contributed by atoms with Gasteiger partial charge in [0.25, 0.3) is 0 Å². The Hall–Kier alpha value is -2.68. The first-order valence-corrected chi connectivity index (χ1v) is 10.6. The Morgan fingerprint density at radius 2 is 1.85 bits per heavy atom. The van der Waals surface area contributed by atoms with Crippen molar-refractivity contribution in [3.63, 3.8) is 0 Å². The van der Waals surface area contributed by atoms with Crippen molar-refractivity contribution in [3.05, 3.63) is 52.2 Å². The van der Waals surface area contributed by atoms with E-state index in [-0.39, 0.29) is 22.3 Å². The molecule has 0 spiro atoms. The molecule has 0 unspecified atom stereocenters. The number of rotatable bonds is 5. The van der Waals surface area contributed by atoms with Crippen molar-refractivity contribution in [3.8, 4) is 0 Å². The lowest BCUT2D eigenvalue weighted by molar-refractivity contribution is -0.386. The largest absolute Gasteiger partial charge is 0.377 e. The smallest absolute Gasteiger partial charge is 0.310 e. The molecule has 1 aromatic heterocycles. The lowest BCUT2D eigenvalue weighted by Gasteiger charge is -2.33. The van der Waals surface area contributed by atoms with Crippen molar-refractivity contribution < 1.29 is 13.3 Å². The number of hydrogen-bond donors (Lipinski definition) is 1. The number of sulfone groups is 1. The van der Waals surface area contributed by atoms with Crippen LogP contribution in [-0.2, 0) is 9.84 Å². The van der Waals surface area contributed by atoms with Crippen LogP contribution in [0.25, 0.3) is 0 Å². The zero-order valence-corrected chi connectivity index (χ0v) is 16.1. The topological polar surface area (TPSA) is 105 Å². The zero-order chi connectivity index (χ0) is 19.6. The summed E-state index contributed by atoms with van der Waals surface area (Å²) in [6.45, 7) is 3.49. The number of aryl methyl sites for hydroxylation is 1. The van der Waals surface area contributed by atoms with Gasteiger partial charge in [-0.05, 0) is 44.0 Å². The van der Waals surface area contributed by atoms with Gasteiger partial charge in [-0.15, -0.1) is 0 Å². The fourth-order valence-corrected chi connectivity index (χ4v) is 4.17. The third-order valence-electron chi connectivity index (χ3n) is 4.63. The normalized spacial score (nSPS) is 15.6. The Morgan fingerprint density at radius 3 is 2.44 bits per heavy atom. The number of para-hydroxylation sites is 1. The van der Waals surface area contributed by atoms with Crippen LogP contribution in [0, 0.1) is 17.0 Å². The number of anilines is 2. The molecular formula is C18H22N4O4S. The van der Waals surface area contributed by atoms with Crippen molar-refractivity contribution in [1.29, 1.82) is 0 Å². The Balaban J connectivity index is 1.75. The third kappa shape index (κ3) is 4.36. The monoisotopic (exact) mass is 390 g/mol. The molecule has 0 saturated carbocycles. The Bertz CT molecular complexity index is 954. The van der Waals surface area contributed by atoms with E-state index in [4.69, 9.17) is 0 Å². The van der Waals surface area contributed by atoms with Crippen molar-refractivity contribution in [2.75, 3.05) is 29.6 Å². The van der Waals surface area contributed by atoms with Crippen LogP contribution < -0.4 is 10.2 Å². The highest BCUT2D eigenvalue weighted by Crippen LogP contribution is 2.33. The third-order valence-corrected chi connectivity index (χ3v) is 5.76. The molecule has 27 heavy (non-hydrogen) atoms. The number of hydrogen-bond acceptors (Lipinski definition) is 7. The number of nitro groups is 1. The van der Waals surface area contributed by atoms with Gasteiger partial charge in [0.2, 0.25) is 0 Å². The van der Waals surface area contributed by atoms with Crippen LogP contribution in [0.4, 0.5) is 17.2 Å². The van der Waals surface area contributed by atoms with Gasteiger partial charge in [0, 0.05) is 31.1 Å². The minimum Gasteiger partial charge on any atom is -0.377 e. The van der Waals surface area contributed by atoms with E-state index >= 15 is 0 Å². The minimum atomic E-state index is -3.69. The molecule has 0 bridgehead atoms. The van der Waals surface area contributed by atoms with E-state index in [1.807, 2.05) is 25.1 Å². The van der Waals surface area contributed by atoms with Gasteiger partial charge >= 0.3 is 5.69 Å². The van der Waals surface area contributed by atoms with Crippen molar-refractivity contribution >= 4 is 27.0 Å². The average molecular weight is 390 g/mol. The molecule has 8 nitrogen and oxygen atoms in total. The first-order chi connectivity index (χ1) is 12.8. The summed E-state index contributed by atoms with van der Waals surface area (Å²) in [6, 6.07) is 10.3. The molecule has 0 amide bonds. The summed E-state index contributed by atoms with van der Waals surface area (Å²) in [5.74, 6) is 0.929. The molecule has 0 radical (unpaired) electrons. The maximum atomic E-state index is 11.9. The van der Waals surface area contributed by atoms with Crippen molar-refractivity contribution in [1.82, 2.24) is 4.98 Å². The maximum absolute atomic E-state index is 11.9. The van der Waals surface area contributed by atoms with E-state index < -0.39 is 14.8 Å². The SMILES string of the molecule is Cc1cccc(N2CCC(Nc3cccc(S(C)(=O)=O)c3[N+](=O)[O-])CC2)n1. The molecule has 1 N–H and O–H groups in total. The molecule has 2 heterocycles. The van der Waals surface area contributed by atoms with Crippen LogP contribution in [0.5, 0.6) is 0 Å². The molecule has 0 atom stereocenters. The second kappa shape index (κ2) is 7.51. The van der Waals surface area contributed by atoms with Gasteiger partial charge in [-0.2, -0.15) is 0 Å². The molecule has 3 rings (SSSR count). The van der Waals surface area contributed by atoms with Crippen LogP contribution in [0.15, 0.2) is 41.3 Å². The van der Waals surface area contributed by atoms with Crippen LogP contribution in [0.1, 0.15) is 18.5 Å². The van der Waals surface area contributed by atoms with Crippen molar-refractivity contribution in [2.45, 2.75) is 30.7 Å². The van der Waals surface area contributed by atoms with E-state index in [2.05, 4.69) is 15.2 Å². The molecule has 9 heteroatoms. The second-order valence-electron chi connectivity index (χ2n) is 6.72. The standard InChI is InChI=1S/C18H22N4O4S/c1-13-5-3-8-17(19-13)21-11-9-14(10-12-21)20-15-6-4-7-16(27(2,25)26)18(15)22(23)24/h3-8,14,20H,9-12H2,1-2H3. The predicted molar refractivity (Wildman–Crippen MR) is 104 cm³/mol. The lowest BCUT2D eigenvalue weighted by Crippen LogP contribution is -2.39. The highest BCUT2D eigenvalue weighted by atomic mass is 32.2. The van der Waals surface area contributed by atoms with Gasteiger partial charge in [0.1, 0.15) is 16.4 Å². The second-order valence-corrected chi connectivity index (χ2v) is 8.71. The molecule has 2 aromatic rings. The highest BCUT2D eigenvalue weighted by Gasteiger charge is 2.28. The van der Waals surface area contributed by atoms with E-state index in [0.29, 0.717) is 0 Å². The summed E-state index contributed by atoms with van der Waals surface area (Å²) in [5, 5.41) is 14.7. The number of benzene rings is 1. The molecule has 1 aliphatic heterocycles. The molecule has 1 aliphatic rings. The molecule has 144 valence electrons. The summed E-state index contributed by atoms with van der Waals surface area (Å²) in [4.78, 5) is 17.3. The summed E-state index contributed by atoms with van der Waals surface area (Å²) in [5.41, 5.74) is 0.818. The van der Waals surface area contributed by atoms with Crippen LogP contribution in [-0.4, -0.2) is 43.7 Å². The Kier molecular flexibility index (Phi) is 5.31. The van der Waals surface area contributed by atoms with Crippen LogP contribution in [0.3, 0.4) is 0 Å². The van der Waals surface area contributed by atoms with E-state index in [1.165, 1.54) is 12.1 Å². The maximum Gasteiger partial charge on any atom is 0.310 e. The number of nitrogens with one attached hydrogen (secondary N) is 1. The number of nitrogens with zero attached hydrogens (tertiary/aromatic N) is 3. The van der Waals surface area contributed by atoms with Crippen molar-refractivity contribution in [2.24, 2.45) is 0 Å². The van der Waals surface area contributed by atoms with Gasteiger partial charge in [0.05, 0.1) is 4.92 Å². The zero-order valence-electron chi connectivity index (χ0n) is 15.3. The Morgan fingerprint density at radius 1 is 1.19 bits per heavy atom. The van der Waals surface area contributed by atoms with Crippen LogP contribution >= 0.6 is 0 Å². The van der Waals surface area contributed by atoms with Gasteiger partial charge in [-0.25, -0.2) is 13.4 Å². The quantitative estimate of drug-likeness (QED) is 0.618. The molecule has 1 aromatic carbocycles. The first kappa shape index (κ1) is 19.1. The van der Waals surface area contributed by atoms with Crippen LogP contribution in [0.2, 0.25) is 0 Å². The number of aromatic nitrogens is 1. The molecular weight excluding hydrogens is 368 g/mol. The number of nitro benzene ring substituents is 1. The van der Waals surface area contributed by atoms with Gasteiger partial charge in [0.15, 0.2) is 9.84 Å². The number of piperidine rings is 1. The summed E-state index contributed by atoms with van der Waals surface area (Å²) >= 11 is 0. The highest BCUT2D eigenvalue weighted by molar-refractivity contribution is 7.90.